The van der Waals surface area contributed by atoms with E-state index in [9.17, 15) is 4.79 Å². The van der Waals surface area contributed by atoms with Crippen molar-refractivity contribution >= 4 is 48.5 Å². The highest BCUT2D eigenvalue weighted by atomic mass is 79.9. The summed E-state index contributed by atoms with van der Waals surface area (Å²) in [4.78, 5) is 17.0. The molecule has 1 heterocycles. The molecule has 1 aromatic heterocycles. The van der Waals surface area contributed by atoms with E-state index in [0.717, 1.165) is 33.4 Å². The Labute approximate surface area is 150 Å². The second-order valence-electron chi connectivity index (χ2n) is 6.45. The summed E-state index contributed by atoms with van der Waals surface area (Å²) in [6, 6.07) is 6.01. The van der Waals surface area contributed by atoms with E-state index in [1.54, 1.807) is 11.3 Å². The number of amides is 1. The molecule has 0 unspecified atom stereocenters. The van der Waals surface area contributed by atoms with E-state index < -0.39 is 0 Å². The lowest BCUT2D eigenvalue weighted by atomic mass is 9.79. The van der Waals surface area contributed by atoms with Crippen LogP contribution in [0.25, 0.3) is 10.2 Å². The minimum Gasteiger partial charge on any atom is -0.302 e. The van der Waals surface area contributed by atoms with Crippen LogP contribution in [0.3, 0.4) is 0 Å². The maximum Gasteiger partial charge on any atom is 0.229 e. The number of hydrogen-bond acceptors (Lipinski definition) is 3. The molecule has 0 saturated heterocycles. The SMILES string of the molecule is CCCCC1CCC(C(=O)Nc2nc3c(Br)cccc3s2)CC1. The molecule has 2 aromatic rings. The fourth-order valence-corrected chi connectivity index (χ4v) is 4.86. The van der Waals surface area contributed by atoms with Gasteiger partial charge in [0.25, 0.3) is 0 Å². The quantitative estimate of drug-likeness (QED) is 0.675. The average Bonchev–Trinajstić information content (AvgIpc) is 2.97. The summed E-state index contributed by atoms with van der Waals surface area (Å²) in [5, 5.41) is 3.75. The fraction of sp³-hybridized carbons (Fsp3) is 0.556. The van der Waals surface area contributed by atoms with E-state index in [2.05, 4.69) is 33.2 Å². The summed E-state index contributed by atoms with van der Waals surface area (Å²) in [5.41, 5.74) is 0.927. The van der Waals surface area contributed by atoms with E-state index in [4.69, 9.17) is 0 Å². The molecule has 3 rings (SSSR count). The van der Waals surface area contributed by atoms with E-state index in [-0.39, 0.29) is 11.8 Å². The number of anilines is 1. The lowest BCUT2D eigenvalue weighted by molar-refractivity contribution is -0.121. The Morgan fingerprint density at radius 2 is 2.13 bits per heavy atom. The molecular formula is C18H23BrN2OS. The molecule has 1 amide bonds. The summed E-state index contributed by atoms with van der Waals surface area (Å²) in [6.07, 6.45) is 8.36. The number of aromatic nitrogens is 1. The van der Waals surface area contributed by atoms with E-state index in [0.29, 0.717) is 5.13 Å². The van der Waals surface area contributed by atoms with Crippen molar-refractivity contribution in [3.8, 4) is 0 Å². The van der Waals surface area contributed by atoms with Gasteiger partial charge in [-0.05, 0) is 59.7 Å². The Morgan fingerprint density at radius 1 is 1.35 bits per heavy atom. The molecule has 0 radical (unpaired) electrons. The second-order valence-corrected chi connectivity index (χ2v) is 8.34. The summed E-state index contributed by atoms with van der Waals surface area (Å²) in [7, 11) is 0. The Morgan fingerprint density at radius 3 is 2.83 bits per heavy atom. The summed E-state index contributed by atoms with van der Waals surface area (Å²) >= 11 is 5.05. The van der Waals surface area contributed by atoms with Crippen LogP contribution in [-0.4, -0.2) is 10.9 Å². The first kappa shape index (κ1) is 16.9. The van der Waals surface area contributed by atoms with Crippen LogP contribution in [0.1, 0.15) is 51.9 Å². The van der Waals surface area contributed by atoms with Crippen LogP contribution < -0.4 is 5.32 Å². The molecule has 1 fully saturated rings. The number of para-hydroxylation sites is 1. The third-order valence-corrected chi connectivity index (χ3v) is 6.36. The Kier molecular flexibility index (Phi) is 5.70. The third kappa shape index (κ3) is 4.13. The van der Waals surface area contributed by atoms with Crippen LogP contribution >= 0.6 is 27.3 Å². The van der Waals surface area contributed by atoms with E-state index >= 15 is 0 Å². The van der Waals surface area contributed by atoms with Gasteiger partial charge in [0.15, 0.2) is 5.13 Å². The first-order valence-electron chi connectivity index (χ1n) is 8.53. The fourth-order valence-electron chi connectivity index (χ4n) is 3.38. The van der Waals surface area contributed by atoms with Gasteiger partial charge < -0.3 is 5.32 Å². The summed E-state index contributed by atoms with van der Waals surface area (Å²) in [6.45, 7) is 2.25. The van der Waals surface area contributed by atoms with Crippen molar-refractivity contribution in [3.63, 3.8) is 0 Å². The summed E-state index contributed by atoms with van der Waals surface area (Å²) < 4.78 is 2.07. The van der Waals surface area contributed by atoms with Crippen LogP contribution in [0.2, 0.25) is 0 Å². The zero-order valence-corrected chi connectivity index (χ0v) is 15.9. The predicted octanol–water partition coefficient (Wildman–Crippen LogP) is 5.99. The molecule has 124 valence electrons. The van der Waals surface area contributed by atoms with Crippen molar-refractivity contribution in [2.75, 3.05) is 5.32 Å². The Bertz CT molecular complexity index is 677. The van der Waals surface area contributed by atoms with Gasteiger partial charge in [-0.3, -0.25) is 4.79 Å². The molecule has 0 atom stereocenters. The number of carbonyl (C=O) groups excluding carboxylic acids is 1. The molecule has 1 saturated carbocycles. The molecule has 0 bridgehead atoms. The molecule has 1 aromatic carbocycles. The molecule has 0 spiro atoms. The van der Waals surface area contributed by atoms with Crippen molar-refractivity contribution in [1.82, 2.24) is 4.98 Å². The number of rotatable bonds is 5. The topological polar surface area (TPSA) is 42.0 Å². The van der Waals surface area contributed by atoms with Gasteiger partial charge in [0.2, 0.25) is 5.91 Å². The normalized spacial score (nSPS) is 21.5. The molecule has 23 heavy (non-hydrogen) atoms. The number of benzene rings is 1. The molecule has 0 aliphatic heterocycles. The van der Waals surface area contributed by atoms with Gasteiger partial charge in [0, 0.05) is 10.4 Å². The Hall–Kier alpha value is -0.940. The highest BCUT2D eigenvalue weighted by Crippen LogP contribution is 2.34. The van der Waals surface area contributed by atoms with Gasteiger partial charge in [-0.15, -0.1) is 0 Å². The van der Waals surface area contributed by atoms with Crippen molar-refractivity contribution in [3.05, 3.63) is 22.7 Å². The van der Waals surface area contributed by atoms with Gasteiger partial charge in [-0.25, -0.2) is 4.98 Å². The van der Waals surface area contributed by atoms with E-state index in [1.165, 1.54) is 32.1 Å². The van der Waals surface area contributed by atoms with Crippen LogP contribution in [0.5, 0.6) is 0 Å². The second kappa shape index (κ2) is 7.75. The standard InChI is InChI=1S/C18H23BrN2OS/c1-2-3-5-12-8-10-13(11-9-12)17(22)21-18-20-16-14(19)6-4-7-15(16)23-18/h4,6-7,12-13H,2-3,5,8-11H2,1H3,(H,20,21,22). The largest absolute Gasteiger partial charge is 0.302 e. The number of thiazole rings is 1. The first-order chi connectivity index (χ1) is 11.2. The number of nitrogens with zero attached hydrogens (tertiary/aromatic N) is 1. The summed E-state index contributed by atoms with van der Waals surface area (Å²) in [5.74, 6) is 1.13. The number of halogens is 1. The monoisotopic (exact) mass is 394 g/mol. The minimum absolute atomic E-state index is 0.147. The number of unbranched alkanes of at least 4 members (excludes halogenated alkanes) is 1. The minimum atomic E-state index is 0.147. The Balaban J connectivity index is 1.57. The highest BCUT2D eigenvalue weighted by Gasteiger charge is 2.26. The van der Waals surface area contributed by atoms with Gasteiger partial charge in [-0.2, -0.15) is 0 Å². The molecule has 1 aliphatic carbocycles. The maximum atomic E-state index is 12.5. The average molecular weight is 395 g/mol. The van der Waals surface area contributed by atoms with Gasteiger partial charge in [-0.1, -0.05) is 43.6 Å². The predicted molar refractivity (Wildman–Crippen MR) is 101 cm³/mol. The zero-order valence-electron chi connectivity index (χ0n) is 13.5. The van der Waals surface area contributed by atoms with Crippen LogP contribution in [0.4, 0.5) is 5.13 Å². The van der Waals surface area contributed by atoms with E-state index in [1.807, 2.05) is 18.2 Å². The maximum absolute atomic E-state index is 12.5. The molecule has 5 heteroatoms. The van der Waals surface area contributed by atoms with Gasteiger partial charge >= 0.3 is 0 Å². The lowest BCUT2D eigenvalue weighted by Crippen LogP contribution is -2.27. The number of fused-ring (bicyclic) bond motifs is 1. The van der Waals surface area contributed by atoms with Gasteiger partial charge in [0.1, 0.15) is 0 Å². The third-order valence-electron chi connectivity index (χ3n) is 4.78. The molecule has 1 aliphatic rings. The molecular weight excluding hydrogens is 372 g/mol. The zero-order chi connectivity index (χ0) is 16.2. The smallest absolute Gasteiger partial charge is 0.229 e. The lowest BCUT2D eigenvalue weighted by Gasteiger charge is -2.27. The number of carbonyl (C=O) groups is 1. The molecule has 3 nitrogen and oxygen atoms in total. The first-order valence-corrected chi connectivity index (χ1v) is 10.1. The van der Waals surface area contributed by atoms with Crippen LogP contribution in [0.15, 0.2) is 22.7 Å². The van der Waals surface area contributed by atoms with Gasteiger partial charge in [0.05, 0.1) is 10.2 Å². The number of hydrogen-bond donors (Lipinski definition) is 1. The van der Waals surface area contributed by atoms with Crippen LogP contribution in [-0.2, 0) is 4.79 Å². The molecule has 1 N–H and O–H groups in total. The van der Waals surface area contributed by atoms with Crippen molar-refractivity contribution in [2.24, 2.45) is 11.8 Å². The van der Waals surface area contributed by atoms with Crippen molar-refractivity contribution < 1.29 is 4.79 Å². The van der Waals surface area contributed by atoms with Crippen LogP contribution in [0, 0.1) is 11.8 Å². The number of nitrogens with one attached hydrogen (secondary N) is 1. The van der Waals surface area contributed by atoms with Crippen molar-refractivity contribution in [1.29, 1.82) is 0 Å². The highest BCUT2D eigenvalue weighted by molar-refractivity contribution is 9.10. The van der Waals surface area contributed by atoms with Crippen molar-refractivity contribution in [2.45, 2.75) is 51.9 Å².